The molecule has 0 aromatic heterocycles. The Morgan fingerprint density at radius 3 is 3.08 bits per heavy atom. The van der Waals surface area contributed by atoms with Crippen molar-refractivity contribution in [1.29, 1.82) is 0 Å². The predicted octanol–water partition coefficient (Wildman–Crippen LogP) is 3.27. The van der Waals surface area contributed by atoms with E-state index in [0.717, 1.165) is 10.2 Å². The first kappa shape index (κ1) is 7.87. The van der Waals surface area contributed by atoms with Crippen molar-refractivity contribution in [3.8, 4) is 0 Å². The molecule has 2 heteroatoms. The van der Waals surface area contributed by atoms with Crippen LogP contribution in [0.25, 0.3) is 0 Å². The fraction of sp³-hybridized carbons (Fsp3) is 0.200. The van der Waals surface area contributed by atoms with Gasteiger partial charge in [0, 0.05) is 11.5 Å². The van der Waals surface area contributed by atoms with Gasteiger partial charge in [0.2, 0.25) is 0 Å². The largest absolute Gasteiger partial charge is 0.464 e. The topological polar surface area (TPSA) is 9.23 Å². The summed E-state index contributed by atoms with van der Waals surface area (Å²) in [6.07, 6.45) is 9.91. The lowest BCUT2D eigenvalue weighted by Crippen LogP contribution is -2.07. The summed E-state index contributed by atoms with van der Waals surface area (Å²) >= 11 is 3.45. The number of fused-ring (bicyclic) bond motifs is 1. The van der Waals surface area contributed by atoms with Crippen LogP contribution in [0.15, 0.2) is 46.4 Å². The highest BCUT2D eigenvalue weighted by Gasteiger charge is 2.19. The molecular weight excluding hydrogens is 216 g/mol. The Balaban J connectivity index is 2.48. The summed E-state index contributed by atoms with van der Waals surface area (Å²) in [7, 11) is 0. The molecule has 2 rings (SSSR count). The van der Waals surface area contributed by atoms with Gasteiger partial charge in [-0.1, -0.05) is 19.1 Å². The van der Waals surface area contributed by atoms with E-state index in [4.69, 9.17) is 4.74 Å². The van der Waals surface area contributed by atoms with Gasteiger partial charge in [-0.2, -0.15) is 0 Å². The molecule has 0 amide bonds. The minimum Gasteiger partial charge on any atom is -0.464 e. The van der Waals surface area contributed by atoms with Crippen molar-refractivity contribution in [3.05, 3.63) is 46.4 Å². The van der Waals surface area contributed by atoms with E-state index in [1.54, 1.807) is 6.26 Å². The van der Waals surface area contributed by atoms with Crippen molar-refractivity contribution >= 4 is 15.9 Å². The van der Waals surface area contributed by atoms with Gasteiger partial charge >= 0.3 is 0 Å². The highest BCUT2D eigenvalue weighted by Crippen LogP contribution is 2.34. The van der Waals surface area contributed by atoms with Crippen LogP contribution in [0.2, 0.25) is 0 Å². The predicted molar refractivity (Wildman–Crippen MR) is 52.6 cm³/mol. The van der Waals surface area contributed by atoms with Crippen molar-refractivity contribution < 1.29 is 4.74 Å². The maximum atomic E-state index is 5.40. The Morgan fingerprint density at radius 1 is 1.50 bits per heavy atom. The van der Waals surface area contributed by atoms with E-state index in [0.29, 0.717) is 5.92 Å². The van der Waals surface area contributed by atoms with E-state index in [-0.39, 0.29) is 0 Å². The molecule has 1 aliphatic carbocycles. The van der Waals surface area contributed by atoms with E-state index in [1.165, 1.54) is 5.57 Å². The molecule has 0 aromatic carbocycles. The first-order chi connectivity index (χ1) is 5.79. The van der Waals surface area contributed by atoms with Gasteiger partial charge in [0.15, 0.2) is 0 Å². The molecule has 12 heavy (non-hydrogen) atoms. The molecule has 0 spiro atoms. The van der Waals surface area contributed by atoms with E-state index >= 15 is 0 Å². The quantitative estimate of drug-likeness (QED) is 0.614. The maximum Gasteiger partial charge on any atom is 0.144 e. The number of allylic oxidation sites excluding steroid dienone is 6. The van der Waals surface area contributed by atoms with Gasteiger partial charge in [0.05, 0.1) is 10.7 Å². The van der Waals surface area contributed by atoms with Crippen LogP contribution >= 0.6 is 15.9 Å². The molecule has 0 saturated heterocycles. The monoisotopic (exact) mass is 224 g/mol. The van der Waals surface area contributed by atoms with Gasteiger partial charge in [-0.25, -0.2) is 0 Å². The minimum absolute atomic E-state index is 0.450. The fourth-order valence-electron chi connectivity index (χ4n) is 1.35. The number of halogens is 1. The molecule has 62 valence electrons. The zero-order valence-corrected chi connectivity index (χ0v) is 8.34. The van der Waals surface area contributed by atoms with Crippen LogP contribution in [-0.2, 0) is 4.74 Å². The van der Waals surface area contributed by atoms with Crippen molar-refractivity contribution in [2.24, 2.45) is 5.92 Å². The first-order valence-electron chi connectivity index (χ1n) is 3.91. The third kappa shape index (κ3) is 1.16. The molecule has 2 aliphatic rings. The van der Waals surface area contributed by atoms with Crippen LogP contribution in [-0.4, -0.2) is 0 Å². The average molecular weight is 225 g/mol. The lowest BCUT2D eigenvalue weighted by Gasteiger charge is -2.21. The molecule has 1 unspecified atom stereocenters. The minimum atomic E-state index is 0.450. The number of ether oxygens (including phenoxy) is 1. The molecule has 0 radical (unpaired) electrons. The molecule has 0 N–H and O–H groups in total. The van der Waals surface area contributed by atoms with Crippen LogP contribution < -0.4 is 0 Å². The van der Waals surface area contributed by atoms with E-state index in [9.17, 15) is 0 Å². The van der Waals surface area contributed by atoms with Gasteiger partial charge in [0.1, 0.15) is 5.76 Å². The van der Waals surface area contributed by atoms with Crippen LogP contribution in [0.3, 0.4) is 0 Å². The highest BCUT2D eigenvalue weighted by molar-refractivity contribution is 9.11. The van der Waals surface area contributed by atoms with Crippen LogP contribution in [0.1, 0.15) is 6.92 Å². The Hall–Kier alpha value is -0.760. The summed E-state index contributed by atoms with van der Waals surface area (Å²) < 4.78 is 6.42. The van der Waals surface area contributed by atoms with E-state index < -0.39 is 0 Å². The second kappa shape index (κ2) is 2.94. The zero-order chi connectivity index (χ0) is 8.55. The van der Waals surface area contributed by atoms with Crippen molar-refractivity contribution in [2.75, 3.05) is 0 Å². The highest BCUT2D eigenvalue weighted by atomic mass is 79.9. The molecule has 1 nitrogen and oxygen atoms in total. The van der Waals surface area contributed by atoms with Gasteiger partial charge in [-0.15, -0.1) is 0 Å². The van der Waals surface area contributed by atoms with Gasteiger partial charge in [0.25, 0.3) is 0 Å². The molecule has 0 fully saturated rings. The molecule has 1 aliphatic heterocycles. The van der Waals surface area contributed by atoms with Crippen molar-refractivity contribution in [3.63, 3.8) is 0 Å². The smallest absolute Gasteiger partial charge is 0.144 e. The third-order valence-corrected chi connectivity index (χ3v) is 2.67. The van der Waals surface area contributed by atoms with Crippen molar-refractivity contribution in [1.82, 2.24) is 0 Å². The summed E-state index contributed by atoms with van der Waals surface area (Å²) in [4.78, 5) is 0. The lowest BCUT2D eigenvalue weighted by atomic mass is 9.94. The molecule has 1 heterocycles. The number of rotatable bonds is 0. The molecule has 0 saturated carbocycles. The van der Waals surface area contributed by atoms with Crippen LogP contribution in [0, 0.1) is 5.92 Å². The second-order valence-electron chi connectivity index (χ2n) is 2.89. The van der Waals surface area contributed by atoms with Crippen molar-refractivity contribution in [2.45, 2.75) is 6.92 Å². The third-order valence-electron chi connectivity index (χ3n) is 2.04. The van der Waals surface area contributed by atoms with Gasteiger partial charge < -0.3 is 4.74 Å². The summed E-state index contributed by atoms with van der Waals surface area (Å²) in [6, 6.07) is 0. The summed E-state index contributed by atoms with van der Waals surface area (Å²) in [5, 5.41) is 0. The summed E-state index contributed by atoms with van der Waals surface area (Å²) in [5.41, 5.74) is 1.24. The Morgan fingerprint density at radius 2 is 2.33 bits per heavy atom. The summed E-state index contributed by atoms with van der Waals surface area (Å²) in [6.45, 7) is 2.16. The number of hydrogen-bond donors (Lipinski definition) is 0. The standard InChI is InChI=1S/C10H9BrO/c1-7-4-5-9(11)10-8(7)3-2-6-12-10/h2-7H,1H3. The molecule has 0 aromatic rings. The maximum absolute atomic E-state index is 5.40. The lowest BCUT2D eigenvalue weighted by molar-refractivity contribution is 0.347. The second-order valence-corrected chi connectivity index (χ2v) is 3.75. The molecule has 1 atom stereocenters. The van der Waals surface area contributed by atoms with Gasteiger partial charge in [-0.3, -0.25) is 0 Å². The Labute approximate surface area is 80.2 Å². The van der Waals surface area contributed by atoms with E-state index in [2.05, 4.69) is 35.0 Å². The Bertz CT molecular complexity index is 321. The van der Waals surface area contributed by atoms with Gasteiger partial charge in [-0.05, 0) is 28.1 Å². The number of hydrogen-bond acceptors (Lipinski definition) is 1. The average Bonchev–Trinajstić information content (AvgIpc) is 2.12. The molecule has 0 bridgehead atoms. The Kier molecular flexibility index (Phi) is 1.93. The van der Waals surface area contributed by atoms with Crippen LogP contribution in [0.4, 0.5) is 0 Å². The van der Waals surface area contributed by atoms with E-state index in [1.807, 2.05) is 12.2 Å². The molecular formula is C10H9BrO. The first-order valence-corrected chi connectivity index (χ1v) is 4.70. The summed E-state index contributed by atoms with van der Waals surface area (Å²) in [5.74, 6) is 1.40. The fourth-order valence-corrected chi connectivity index (χ4v) is 1.83. The SMILES string of the molecule is CC1C=CC(Br)=C2OC=CC=C21. The normalized spacial score (nSPS) is 26.5. The van der Waals surface area contributed by atoms with Crippen LogP contribution in [0.5, 0.6) is 0 Å². The zero-order valence-electron chi connectivity index (χ0n) is 6.75.